The van der Waals surface area contributed by atoms with E-state index in [9.17, 15) is 10.1 Å². The molecule has 24 heavy (non-hydrogen) atoms. The van der Waals surface area contributed by atoms with Gasteiger partial charge in [0.25, 0.3) is 0 Å². The molecule has 0 bridgehead atoms. The molecule has 0 N–H and O–H groups in total. The highest BCUT2D eigenvalue weighted by Gasteiger charge is 2.12. The molecule has 0 aromatic heterocycles. The Bertz CT molecular complexity index is 747. The molecular weight excluding hydrogens is 398 g/mol. The molecule has 0 spiro atoms. The van der Waals surface area contributed by atoms with Crippen molar-refractivity contribution in [3.63, 3.8) is 0 Å². The summed E-state index contributed by atoms with van der Waals surface area (Å²) in [6.07, 6.45) is 2.28. The number of benzene rings is 2. The molecule has 0 atom stereocenters. The zero-order chi connectivity index (χ0) is 17.5. The molecule has 5 nitrogen and oxygen atoms in total. The normalized spacial score (nSPS) is 10.8. The number of ether oxygens (including phenoxy) is 2. The van der Waals surface area contributed by atoms with Gasteiger partial charge in [-0.25, -0.2) is 0 Å². The molecule has 0 unspecified atom stereocenters. The first-order chi connectivity index (χ1) is 11.5. The van der Waals surface area contributed by atoms with Crippen LogP contribution in [0.15, 0.2) is 47.1 Å². The van der Waals surface area contributed by atoms with Crippen LogP contribution >= 0.6 is 27.5 Å². The first-order valence-electron chi connectivity index (χ1n) is 7.15. The van der Waals surface area contributed by atoms with Gasteiger partial charge in [-0.15, -0.1) is 0 Å². The lowest BCUT2D eigenvalue weighted by atomic mass is 10.2. The van der Waals surface area contributed by atoms with Crippen LogP contribution in [0.2, 0.25) is 5.02 Å². The van der Waals surface area contributed by atoms with Crippen molar-refractivity contribution >= 4 is 33.6 Å². The Morgan fingerprint density at radius 3 is 2.58 bits per heavy atom. The van der Waals surface area contributed by atoms with Gasteiger partial charge in [-0.3, -0.25) is 10.1 Å². The van der Waals surface area contributed by atoms with Gasteiger partial charge < -0.3 is 9.47 Å². The predicted octanol–water partition coefficient (Wildman–Crippen LogP) is 5.33. The molecule has 0 heterocycles. The Morgan fingerprint density at radius 1 is 1.25 bits per heavy atom. The molecule has 2 rings (SSSR count). The predicted molar refractivity (Wildman–Crippen MR) is 97.1 cm³/mol. The molecule has 0 amide bonds. The number of nitrogens with zero attached hydrogens (tertiary/aromatic N) is 1. The standard InChI is InChI=1S/C17H15BrClNO4/c1-2-23-16-10-13(7-8-20(21)22)9-15(18)17(16)24-11-12-3-5-14(19)6-4-12/h3-10H,2,11H2,1H3. The van der Waals surface area contributed by atoms with Gasteiger partial charge in [-0.05, 0) is 58.2 Å². The molecule has 0 aliphatic rings. The van der Waals surface area contributed by atoms with E-state index >= 15 is 0 Å². The molecule has 0 aliphatic carbocycles. The fourth-order valence-electron chi connectivity index (χ4n) is 1.97. The van der Waals surface area contributed by atoms with E-state index in [0.29, 0.717) is 39.8 Å². The van der Waals surface area contributed by atoms with E-state index in [1.807, 2.05) is 19.1 Å². The van der Waals surface area contributed by atoms with Crippen LogP contribution in [0.4, 0.5) is 0 Å². The third kappa shape index (κ3) is 5.25. The number of nitro groups is 1. The molecular formula is C17H15BrClNO4. The number of halogens is 2. The minimum Gasteiger partial charge on any atom is -0.490 e. The zero-order valence-electron chi connectivity index (χ0n) is 12.9. The van der Waals surface area contributed by atoms with E-state index in [1.165, 1.54) is 6.08 Å². The monoisotopic (exact) mass is 411 g/mol. The van der Waals surface area contributed by atoms with E-state index in [4.69, 9.17) is 21.1 Å². The highest BCUT2D eigenvalue weighted by atomic mass is 79.9. The van der Waals surface area contributed by atoms with Crippen molar-refractivity contribution in [2.75, 3.05) is 6.61 Å². The van der Waals surface area contributed by atoms with E-state index in [2.05, 4.69) is 15.9 Å². The van der Waals surface area contributed by atoms with Crippen LogP contribution in [0.3, 0.4) is 0 Å². The average Bonchev–Trinajstić information content (AvgIpc) is 2.54. The summed E-state index contributed by atoms with van der Waals surface area (Å²) < 4.78 is 12.1. The number of hydrogen-bond donors (Lipinski definition) is 0. The smallest absolute Gasteiger partial charge is 0.235 e. The topological polar surface area (TPSA) is 61.6 Å². The summed E-state index contributed by atoms with van der Waals surface area (Å²) in [5.74, 6) is 1.06. The quantitative estimate of drug-likeness (QED) is 0.455. The van der Waals surface area contributed by atoms with Gasteiger partial charge in [0.2, 0.25) is 6.20 Å². The summed E-state index contributed by atoms with van der Waals surface area (Å²) in [6, 6.07) is 10.8. The van der Waals surface area contributed by atoms with Crippen LogP contribution in [0.25, 0.3) is 6.08 Å². The Kier molecular flexibility index (Phi) is 6.63. The highest BCUT2D eigenvalue weighted by Crippen LogP contribution is 2.37. The van der Waals surface area contributed by atoms with Crippen molar-refractivity contribution < 1.29 is 14.4 Å². The summed E-state index contributed by atoms with van der Waals surface area (Å²) in [4.78, 5) is 9.95. The fourth-order valence-corrected chi connectivity index (χ4v) is 2.67. The van der Waals surface area contributed by atoms with Gasteiger partial charge >= 0.3 is 0 Å². The van der Waals surface area contributed by atoms with Gasteiger partial charge in [0.15, 0.2) is 11.5 Å². The molecule has 0 saturated heterocycles. The third-order valence-electron chi connectivity index (χ3n) is 3.02. The van der Waals surface area contributed by atoms with Crippen molar-refractivity contribution in [1.82, 2.24) is 0 Å². The second-order valence-corrected chi connectivity index (χ2v) is 6.07. The van der Waals surface area contributed by atoms with Crippen molar-refractivity contribution in [2.24, 2.45) is 0 Å². The molecule has 7 heteroatoms. The largest absolute Gasteiger partial charge is 0.490 e. The van der Waals surface area contributed by atoms with Gasteiger partial charge in [-0.1, -0.05) is 23.7 Å². The average molecular weight is 413 g/mol. The lowest BCUT2D eigenvalue weighted by Crippen LogP contribution is -2.01. The van der Waals surface area contributed by atoms with Crippen LogP contribution in [-0.4, -0.2) is 11.5 Å². The number of hydrogen-bond acceptors (Lipinski definition) is 4. The second kappa shape index (κ2) is 8.70. The maximum Gasteiger partial charge on any atom is 0.235 e. The minimum atomic E-state index is -0.515. The van der Waals surface area contributed by atoms with Crippen LogP contribution in [-0.2, 0) is 6.61 Å². The molecule has 0 saturated carbocycles. The Balaban J connectivity index is 2.23. The molecule has 2 aromatic carbocycles. The number of rotatable bonds is 7. The minimum absolute atomic E-state index is 0.347. The van der Waals surface area contributed by atoms with Crippen LogP contribution < -0.4 is 9.47 Å². The maximum absolute atomic E-state index is 10.5. The maximum atomic E-state index is 10.5. The first kappa shape index (κ1) is 18.3. The molecule has 2 aromatic rings. The van der Waals surface area contributed by atoms with Gasteiger partial charge in [0.1, 0.15) is 6.61 Å². The SMILES string of the molecule is CCOc1cc(C=C[N+](=O)[O-])cc(Br)c1OCc1ccc(Cl)cc1. The van der Waals surface area contributed by atoms with Gasteiger partial charge in [0.05, 0.1) is 16.0 Å². The highest BCUT2D eigenvalue weighted by molar-refractivity contribution is 9.10. The van der Waals surface area contributed by atoms with Crippen molar-refractivity contribution in [3.8, 4) is 11.5 Å². The van der Waals surface area contributed by atoms with E-state index in [0.717, 1.165) is 11.8 Å². The van der Waals surface area contributed by atoms with Crippen molar-refractivity contribution in [3.05, 3.63) is 73.3 Å². The van der Waals surface area contributed by atoms with Crippen LogP contribution in [0.5, 0.6) is 11.5 Å². The summed E-state index contributed by atoms with van der Waals surface area (Å²) in [6.45, 7) is 2.66. The molecule has 126 valence electrons. The Hall–Kier alpha value is -2.05. The zero-order valence-corrected chi connectivity index (χ0v) is 15.2. The lowest BCUT2D eigenvalue weighted by molar-refractivity contribution is -0.400. The van der Waals surface area contributed by atoms with E-state index < -0.39 is 4.92 Å². The van der Waals surface area contributed by atoms with Crippen LogP contribution in [0, 0.1) is 10.1 Å². The summed E-state index contributed by atoms with van der Waals surface area (Å²) >= 11 is 9.30. The van der Waals surface area contributed by atoms with E-state index in [1.54, 1.807) is 24.3 Å². The summed E-state index contributed by atoms with van der Waals surface area (Å²) in [5.41, 5.74) is 1.60. The summed E-state index contributed by atoms with van der Waals surface area (Å²) in [5, 5.41) is 11.1. The molecule has 0 aliphatic heterocycles. The Labute approximate surface area is 153 Å². The van der Waals surface area contributed by atoms with Crippen molar-refractivity contribution in [2.45, 2.75) is 13.5 Å². The fraction of sp³-hybridized carbons (Fsp3) is 0.176. The first-order valence-corrected chi connectivity index (χ1v) is 8.32. The van der Waals surface area contributed by atoms with Gasteiger partial charge in [-0.2, -0.15) is 0 Å². The van der Waals surface area contributed by atoms with Gasteiger partial charge in [0, 0.05) is 11.1 Å². The molecule has 0 fully saturated rings. The molecule has 0 radical (unpaired) electrons. The van der Waals surface area contributed by atoms with E-state index in [-0.39, 0.29) is 0 Å². The van der Waals surface area contributed by atoms with Crippen molar-refractivity contribution in [1.29, 1.82) is 0 Å². The third-order valence-corrected chi connectivity index (χ3v) is 3.86. The second-order valence-electron chi connectivity index (χ2n) is 4.78. The van der Waals surface area contributed by atoms with Crippen LogP contribution in [0.1, 0.15) is 18.1 Å². The summed E-state index contributed by atoms with van der Waals surface area (Å²) in [7, 11) is 0. The lowest BCUT2D eigenvalue weighted by Gasteiger charge is -2.14. The Morgan fingerprint density at radius 2 is 1.96 bits per heavy atom.